The van der Waals surface area contributed by atoms with Crippen LogP contribution in [0.1, 0.15) is 15.9 Å². The van der Waals surface area contributed by atoms with Gasteiger partial charge < -0.3 is 16.2 Å². The number of ether oxygens (including phenoxy) is 1. The molecule has 1 amide bonds. The van der Waals surface area contributed by atoms with Crippen LogP contribution in [0.2, 0.25) is 5.02 Å². The van der Waals surface area contributed by atoms with E-state index in [1.165, 1.54) is 6.20 Å². The smallest absolute Gasteiger partial charge is 0.248 e. The first-order valence-electron chi connectivity index (χ1n) is 7.77. The van der Waals surface area contributed by atoms with Gasteiger partial charge in [-0.2, -0.15) is 0 Å². The molecular weight excluding hydrogens is 376 g/mol. The maximum atomic E-state index is 13.9. The van der Waals surface area contributed by atoms with Gasteiger partial charge >= 0.3 is 0 Å². The fraction of sp³-hybridized carbons (Fsp3) is 0.0526. The standard InChI is InChI=1S/C19H14ClF2N3O2/c20-17-13(14(21)5-6-15(17)22)9-27-16-7-12(8-25-18(16)23)10-1-3-11(4-2-10)19(24)26/h1-8H,9H2,(H2,23,25)(H2,24,26). The lowest BCUT2D eigenvalue weighted by Crippen LogP contribution is -2.10. The number of nitrogens with two attached hydrogens (primary N) is 2. The van der Waals surface area contributed by atoms with Crippen molar-refractivity contribution in [1.82, 2.24) is 4.98 Å². The predicted octanol–water partition coefficient (Wildman–Crippen LogP) is 3.94. The van der Waals surface area contributed by atoms with Crippen molar-refractivity contribution in [3.8, 4) is 16.9 Å². The molecule has 0 atom stereocenters. The van der Waals surface area contributed by atoms with E-state index in [1.54, 1.807) is 30.3 Å². The van der Waals surface area contributed by atoms with Gasteiger partial charge in [-0.25, -0.2) is 13.8 Å². The molecule has 0 aliphatic rings. The summed E-state index contributed by atoms with van der Waals surface area (Å²) in [5, 5.41) is -0.347. The van der Waals surface area contributed by atoms with Crippen LogP contribution in [0.5, 0.6) is 5.75 Å². The van der Waals surface area contributed by atoms with Gasteiger partial charge in [0.25, 0.3) is 0 Å². The van der Waals surface area contributed by atoms with Crippen molar-refractivity contribution in [2.45, 2.75) is 6.61 Å². The summed E-state index contributed by atoms with van der Waals surface area (Å²) < 4.78 is 32.9. The molecule has 0 aliphatic carbocycles. The number of carbonyl (C=O) groups excluding carboxylic acids is 1. The van der Waals surface area contributed by atoms with E-state index in [1.807, 2.05) is 0 Å². The van der Waals surface area contributed by atoms with Crippen LogP contribution in [0.25, 0.3) is 11.1 Å². The Morgan fingerprint density at radius 2 is 1.74 bits per heavy atom. The summed E-state index contributed by atoms with van der Waals surface area (Å²) >= 11 is 5.79. The molecule has 1 heterocycles. The highest BCUT2D eigenvalue weighted by Gasteiger charge is 2.14. The van der Waals surface area contributed by atoms with Crippen LogP contribution in [-0.4, -0.2) is 10.9 Å². The van der Waals surface area contributed by atoms with Gasteiger partial charge in [0, 0.05) is 22.9 Å². The summed E-state index contributed by atoms with van der Waals surface area (Å²) in [5.74, 6) is -1.70. The number of pyridine rings is 1. The fourth-order valence-electron chi connectivity index (χ4n) is 2.41. The number of primary amides is 1. The van der Waals surface area contributed by atoms with Crippen molar-refractivity contribution in [2.75, 3.05) is 5.73 Å². The first kappa shape index (κ1) is 18.6. The van der Waals surface area contributed by atoms with Crippen molar-refractivity contribution in [3.63, 3.8) is 0 Å². The van der Waals surface area contributed by atoms with Crippen LogP contribution in [-0.2, 0) is 6.61 Å². The van der Waals surface area contributed by atoms with Gasteiger partial charge in [-0.05, 0) is 35.9 Å². The molecule has 1 aromatic heterocycles. The number of amides is 1. The summed E-state index contributed by atoms with van der Waals surface area (Å²) in [6.45, 7) is -0.321. The minimum absolute atomic E-state index is 0.0837. The predicted molar refractivity (Wildman–Crippen MR) is 98.3 cm³/mol. The zero-order chi connectivity index (χ0) is 19.6. The van der Waals surface area contributed by atoms with E-state index in [0.29, 0.717) is 11.1 Å². The van der Waals surface area contributed by atoms with Crippen LogP contribution in [0.3, 0.4) is 0 Å². The molecule has 5 nitrogen and oxygen atoms in total. The number of anilines is 1. The van der Waals surface area contributed by atoms with Crippen molar-refractivity contribution >= 4 is 23.3 Å². The van der Waals surface area contributed by atoms with Crippen LogP contribution in [0.4, 0.5) is 14.6 Å². The molecule has 3 aromatic rings. The molecule has 0 saturated heterocycles. The Morgan fingerprint density at radius 1 is 1.07 bits per heavy atom. The summed E-state index contributed by atoms with van der Waals surface area (Å²) in [4.78, 5) is 15.2. The number of hydrogen-bond donors (Lipinski definition) is 2. The highest BCUT2D eigenvalue weighted by molar-refractivity contribution is 6.31. The van der Waals surface area contributed by atoms with E-state index < -0.39 is 17.5 Å². The molecule has 138 valence electrons. The molecule has 0 bridgehead atoms. The third-order valence-corrected chi connectivity index (χ3v) is 4.30. The number of nitrogen functional groups attached to an aromatic ring is 1. The summed E-state index contributed by atoms with van der Waals surface area (Å²) in [5.41, 5.74) is 12.7. The average Bonchev–Trinajstić information content (AvgIpc) is 2.66. The Morgan fingerprint density at radius 3 is 2.41 bits per heavy atom. The van der Waals surface area contributed by atoms with Crippen molar-refractivity contribution < 1.29 is 18.3 Å². The minimum atomic E-state index is -0.744. The average molecular weight is 390 g/mol. The van der Waals surface area contributed by atoms with Gasteiger partial charge in [0.05, 0.1) is 5.02 Å². The highest BCUT2D eigenvalue weighted by Crippen LogP contribution is 2.29. The Kier molecular flexibility index (Phi) is 5.23. The van der Waals surface area contributed by atoms with E-state index in [0.717, 1.165) is 17.7 Å². The van der Waals surface area contributed by atoms with Gasteiger partial charge in [0.15, 0.2) is 11.6 Å². The molecule has 0 spiro atoms. The molecule has 0 radical (unpaired) electrons. The number of aromatic nitrogens is 1. The summed E-state index contributed by atoms with van der Waals surface area (Å²) in [6, 6.07) is 10.1. The van der Waals surface area contributed by atoms with Crippen LogP contribution < -0.4 is 16.2 Å². The van der Waals surface area contributed by atoms with E-state index in [-0.39, 0.29) is 28.8 Å². The molecule has 27 heavy (non-hydrogen) atoms. The normalized spacial score (nSPS) is 10.6. The lowest BCUT2D eigenvalue weighted by Gasteiger charge is -2.12. The third-order valence-electron chi connectivity index (χ3n) is 3.90. The molecule has 2 aromatic carbocycles. The summed E-state index contributed by atoms with van der Waals surface area (Å²) in [7, 11) is 0. The maximum absolute atomic E-state index is 13.9. The largest absolute Gasteiger partial charge is 0.485 e. The van der Waals surface area contributed by atoms with E-state index in [4.69, 9.17) is 27.8 Å². The highest BCUT2D eigenvalue weighted by atomic mass is 35.5. The SMILES string of the molecule is NC(=O)c1ccc(-c2cnc(N)c(OCc3c(F)ccc(F)c3Cl)c2)cc1. The Hall–Kier alpha value is -3.19. The minimum Gasteiger partial charge on any atom is -0.485 e. The monoisotopic (exact) mass is 389 g/mol. The quantitative estimate of drug-likeness (QED) is 0.646. The molecule has 0 unspecified atom stereocenters. The summed E-state index contributed by atoms with van der Waals surface area (Å²) in [6.07, 6.45) is 1.53. The second kappa shape index (κ2) is 7.59. The van der Waals surface area contributed by atoms with Gasteiger partial charge in [0.1, 0.15) is 18.2 Å². The molecular formula is C19H14ClF2N3O2. The number of nitrogens with zero attached hydrogens (tertiary/aromatic N) is 1. The fourth-order valence-corrected chi connectivity index (χ4v) is 2.61. The zero-order valence-corrected chi connectivity index (χ0v) is 14.6. The lowest BCUT2D eigenvalue weighted by atomic mass is 10.1. The first-order valence-corrected chi connectivity index (χ1v) is 8.15. The maximum Gasteiger partial charge on any atom is 0.248 e. The molecule has 8 heteroatoms. The van der Waals surface area contributed by atoms with Crippen LogP contribution >= 0.6 is 11.6 Å². The lowest BCUT2D eigenvalue weighted by molar-refractivity contribution is 0.100. The Bertz CT molecular complexity index is 1010. The van der Waals surface area contributed by atoms with E-state index in [2.05, 4.69) is 4.98 Å². The van der Waals surface area contributed by atoms with Gasteiger partial charge in [-0.1, -0.05) is 23.7 Å². The third kappa shape index (κ3) is 3.98. The number of benzene rings is 2. The number of halogens is 3. The van der Waals surface area contributed by atoms with Crippen molar-refractivity contribution in [2.24, 2.45) is 5.73 Å². The molecule has 0 aliphatic heterocycles. The van der Waals surface area contributed by atoms with E-state index in [9.17, 15) is 13.6 Å². The second-order valence-electron chi connectivity index (χ2n) is 5.66. The van der Waals surface area contributed by atoms with Crippen LogP contribution in [0.15, 0.2) is 48.7 Å². The zero-order valence-electron chi connectivity index (χ0n) is 13.9. The second-order valence-corrected chi connectivity index (χ2v) is 6.04. The van der Waals surface area contributed by atoms with Crippen molar-refractivity contribution in [3.05, 3.63) is 76.4 Å². The van der Waals surface area contributed by atoms with E-state index >= 15 is 0 Å². The number of rotatable bonds is 5. The van der Waals surface area contributed by atoms with Crippen molar-refractivity contribution in [1.29, 1.82) is 0 Å². The molecule has 3 rings (SSSR count). The molecule has 0 fully saturated rings. The topological polar surface area (TPSA) is 91.2 Å². The van der Waals surface area contributed by atoms with Gasteiger partial charge in [0.2, 0.25) is 5.91 Å². The Balaban J connectivity index is 1.86. The number of carbonyl (C=O) groups is 1. The van der Waals surface area contributed by atoms with Gasteiger partial charge in [-0.15, -0.1) is 0 Å². The Labute approximate surface area is 158 Å². The van der Waals surface area contributed by atoms with Gasteiger partial charge in [-0.3, -0.25) is 4.79 Å². The molecule has 4 N–H and O–H groups in total. The van der Waals surface area contributed by atoms with Crippen LogP contribution in [0, 0.1) is 11.6 Å². The number of hydrogen-bond acceptors (Lipinski definition) is 4. The first-order chi connectivity index (χ1) is 12.9. The molecule has 0 saturated carbocycles.